The zero-order valence-electron chi connectivity index (χ0n) is 5.17. The molecular weight excluding hydrogens is 114 g/mol. The second-order valence-corrected chi connectivity index (χ2v) is 2.17. The maximum Gasteiger partial charge on any atom is 0.119 e. The number of hydrogen-bond donors (Lipinski definition) is 1. The van der Waals surface area contributed by atoms with E-state index in [1.54, 1.807) is 0 Å². The normalized spacial score (nSPS) is 24.0. The van der Waals surface area contributed by atoms with E-state index in [2.05, 4.69) is 10.4 Å². The van der Waals surface area contributed by atoms with E-state index in [1.165, 1.54) is 5.84 Å². The fraction of sp³-hybridized carbons (Fsp3) is 0.500. The first-order valence-corrected chi connectivity index (χ1v) is 3.19. The van der Waals surface area contributed by atoms with Crippen LogP contribution in [0.3, 0.4) is 0 Å². The standard InChI is InChI=1S/C6H9N3/c1-3-7-6-2-4-8-9(6)5-1/h1,5,8H,2-4H2. The van der Waals surface area contributed by atoms with Gasteiger partial charge in [0.15, 0.2) is 0 Å². The second-order valence-electron chi connectivity index (χ2n) is 2.17. The Labute approximate surface area is 54.0 Å². The summed E-state index contributed by atoms with van der Waals surface area (Å²) in [4.78, 5) is 4.28. The Kier molecular flexibility index (Phi) is 1.02. The summed E-state index contributed by atoms with van der Waals surface area (Å²) in [5.41, 5.74) is 3.17. The molecule has 48 valence electrons. The molecule has 2 aliphatic heterocycles. The minimum Gasteiger partial charge on any atom is -0.271 e. The lowest BCUT2D eigenvalue weighted by molar-refractivity contribution is 0.456. The highest BCUT2D eigenvalue weighted by Gasteiger charge is 2.16. The SMILES string of the molecule is C1=CN2NCCC2=NC1. The molecule has 0 aromatic rings. The minimum atomic E-state index is 0.855. The third-order valence-corrected chi connectivity index (χ3v) is 1.54. The smallest absolute Gasteiger partial charge is 0.119 e. The quantitative estimate of drug-likeness (QED) is 0.495. The molecule has 0 saturated carbocycles. The van der Waals surface area contributed by atoms with Crippen molar-refractivity contribution in [2.45, 2.75) is 6.42 Å². The van der Waals surface area contributed by atoms with Crippen LogP contribution in [0.25, 0.3) is 0 Å². The molecule has 2 rings (SSSR count). The van der Waals surface area contributed by atoms with Crippen LogP contribution in [0.4, 0.5) is 0 Å². The van der Waals surface area contributed by atoms with Gasteiger partial charge in [-0.2, -0.15) is 0 Å². The number of nitrogens with one attached hydrogen (secondary N) is 1. The van der Waals surface area contributed by atoms with E-state index in [4.69, 9.17) is 0 Å². The molecule has 0 atom stereocenters. The fourth-order valence-electron chi connectivity index (χ4n) is 1.10. The van der Waals surface area contributed by atoms with E-state index in [0.29, 0.717) is 0 Å². The Hall–Kier alpha value is -0.830. The first-order valence-electron chi connectivity index (χ1n) is 3.19. The van der Waals surface area contributed by atoms with Gasteiger partial charge in [0.2, 0.25) is 0 Å². The van der Waals surface area contributed by atoms with E-state index >= 15 is 0 Å². The van der Waals surface area contributed by atoms with Crippen molar-refractivity contribution in [3.05, 3.63) is 12.3 Å². The van der Waals surface area contributed by atoms with Crippen LogP contribution in [-0.2, 0) is 0 Å². The maximum absolute atomic E-state index is 4.28. The first kappa shape index (κ1) is 4.99. The van der Waals surface area contributed by atoms with Gasteiger partial charge in [0, 0.05) is 19.2 Å². The van der Waals surface area contributed by atoms with Crippen LogP contribution in [0.5, 0.6) is 0 Å². The topological polar surface area (TPSA) is 27.6 Å². The van der Waals surface area contributed by atoms with E-state index in [-0.39, 0.29) is 0 Å². The number of hydrazine groups is 1. The molecule has 0 radical (unpaired) electrons. The summed E-state index contributed by atoms with van der Waals surface area (Å²) >= 11 is 0. The third-order valence-electron chi connectivity index (χ3n) is 1.54. The molecule has 1 saturated heterocycles. The Morgan fingerprint density at radius 1 is 1.67 bits per heavy atom. The van der Waals surface area contributed by atoms with Crippen molar-refractivity contribution in [1.29, 1.82) is 0 Å². The van der Waals surface area contributed by atoms with E-state index in [1.807, 2.05) is 17.3 Å². The van der Waals surface area contributed by atoms with Crippen LogP contribution in [0, 0.1) is 0 Å². The summed E-state index contributed by atoms with van der Waals surface area (Å²) in [6.45, 7) is 1.89. The molecule has 0 spiro atoms. The monoisotopic (exact) mass is 123 g/mol. The van der Waals surface area contributed by atoms with Crippen molar-refractivity contribution < 1.29 is 0 Å². The molecular formula is C6H9N3. The average molecular weight is 123 g/mol. The van der Waals surface area contributed by atoms with Crippen LogP contribution in [-0.4, -0.2) is 23.9 Å². The summed E-state index contributed by atoms with van der Waals surface area (Å²) in [6, 6.07) is 0. The fourth-order valence-corrected chi connectivity index (χ4v) is 1.10. The molecule has 0 aliphatic carbocycles. The summed E-state index contributed by atoms with van der Waals surface area (Å²) in [5, 5.41) is 1.99. The van der Waals surface area contributed by atoms with Crippen LogP contribution >= 0.6 is 0 Å². The maximum atomic E-state index is 4.28. The summed E-state index contributed by atoms with van der Waals surface area (Å²) in [7, 11) is 0. The number of amidine groups is 1. The zero-order chi connectivity index (χ0) is 6.10. The van der Waals surface area contributed by atoms with Gasteiger partial charge < -0.3 is 0 Å². The van der Waals surface area contributed by atoms with Crippen molar-refractivity contribution in [3.8, 4) is 0 Å². The van der Waals surface area contributed by atoms with Gasteiger partial charge in [0.05, 0.1) is 6.54 Å². The molecule has 3 heteroatoms. The van der Waals surface area contributed by atoms with Crippen molar-refractivity contribution >= 4 is 5.84 Å². The van der Waals surface area contributed by atoms with Gasteiger partial charge in [0.25, 0.3) is 0 Å². The van der Waals surface area contributed by atoms with Crippen molar-refractivity contribution in [1.82, 2.24) is 10.4 Å². The molecule has 0 amide bonds. The van der Waals surface area contributed by atoms with Gasteiger partial charge in [-0.05, 0) is 6.08 Å². The minimum absolute atomic E-state index is 0.855. The van der Waals surface area contributed by atoms with Crippen LogP contribution in [0.1, 0.15) is 6.42 Å². The third kappa shape index (κ3) is 0.733. The number of hydrogen-bond acceptors (Lipinski definition) is 3. The largest absolute Gasteiger partial charge is 0.271 e. The first-order chi connectivity index (χ1) is 4.47. The number of aliphatic imine (C=N–C) groups is 1. The Bertz CT molecular complexity index is 171. The molecule has 2 aliphatic rings. The molecule has 9 heavy (non-hydrogen) atoms. The number of nitrogens with zero attached hydrogens (tertiary/aromatic N) is 2. The highest BCUT2D eigenvalue weighted by atomic mass is 15.5. The summed E-state index contributed by atoms with van der Waals surface area (Å²) in [5.74, 6) is 1.18. The van der Waals surface area contributed by atoms with Gasteiger partial charge in [-0.15, -0.1) is 0 Å². The van der Waals surface area contributed by atoms with Crippen LogP contribution in [0.2, 0.25) is 0 Å². The summed E-state index contributed by atoms with van der Waals surface area (Å²) in [6.07, 6.45) is 5.15. The highest BCUT2D eigenvalue weighted by molar-refractivity contribution is 5.85. The predicted molar refractivity (Wildman–Crippen MR) is 35.9 cm³/mol. The number of rotatable bonds is 0. The molecule has 0 aromatic carbocycles. The van der Waals surface area contributed by atoms with E-state index in [0.717, 1.165) is 19.5 Å². The Balaban J connectivity index is 2.22. The molecule has 1 fully saturated rings. The van der Waals surface area contributed by atoms with Crippen LogP contribution < -0.4 is 5.43 Å². The van der Waals surface area contributed by atoms with E-state index < -0.39 is 0 Å². The molecule has 0 aromatic heterocycles. The van der Waals surface area contributed by atoms with Crippen molar-refractivity contribution in [3.63, 3.8) is 0 Å². The molecule has 0 unspecified atom stereocenters. The lowest BCUT2D eigenvalue weighted by atomic mass is 10.4. The Morgan fingerprint density at radius 2 is 2.67 bits per heavy atom. The molecule has 2 heterocycles. The molecule has 0 bridgehead atoms. The van der Waals surface area contributed by atoms with Crippen molar-refractivity contribution in [2.24, 2.45) is 4.99 Å². The molecule has 3 nitrogen and oxygen atoms in total. The Morgan fingerprint density at radius 3 is 3.56 bits per heavy atom. The predicted octanol–water partition coefficient (Wildman–Crippen LogP) is 0.122. The lowest BCUT2D eigenvalue weighted by Crippen LogP contribution is -2.30. The van der Waals surface area contributed by atoms with Gasteiger partial charge in [-0.1, -0.05) is 0 Å². The zero-order valence-corrected chi connectivity index (χ0v) is 5.17. The van der Waals surface area contributed by atoms with Crippen LogP contribution in [0.15, 0.2) is 17.3 Å². The van der Waals surface area contributed by atoms with Crippen molar-refractivity contribution in [2.75, 3.05) is 13.1 Å². The second kappa shape index (κ2) is 1.84. The van der Waals surface area contributed by atoms with Gasteiger partial charge in [0.1, 0.15) is 5.84 Å². The van der Waals surface area contributed by atoms with Gasteiger partial charge in [-0.25, -0.2) is 5.43 Å². The average Bonchev–Trinajstić information content (AvgIpc) is 2.33. The highest BCUT2D eigenvalue weighted by Crippen LogP contribution is 2.05. The van der Waals surface area contributed by atoms with E-state index in [9.17, 15) is 0 Å². The lowest BCUT2D eigenvalue weighted by Gasteiger charge is -2.15. The number of fused-ring (bicyclic) bond motifs is 1. The van der Waals surface area contributed by atoms with Gasteiger partial charge in [-0.3, -0.25) is 10.0 Å². The van der Waals surface area contributed by atoms with Gasteiger partial charge >= 0.3 is 0 Å². The molecule has 1 N–H and O–H groups in total. The summed E-state index contributed by atoms with van der Waals surface area (Å²) < 4.78 is 0.